The number of hydrogen-bond donors (Lipinski definition) is 8. The molecule has 15 nitrogen and oxygen atoms in total. The van der Waals surface area contributed by atoms with Crippen LogP contribution in [0.2, 0.25) is 0 Å². The summed E-state index contributed by atoms with van der Waals surface area (Å²) in [5.74, 6) is -7.06. The van der Waals surface area contributed by atoms with Crippen molar-refractivity contribution in [2.24, 2.45) is 9.98 Å². The van der Waals surface area contributed by atoms with Crippen LogP contribution in [-0.4, -0.2) is 114 Å². The highest BCUT2D eigenvalue weighted by atomic mass is 16.8. The van der Waals surface area contributed by atoms with Crippen molar-refractivity contribution in [2.45, 2.75) is 99.6 Å². The summed E-state index contributed by atoms with van der Waals surface area (Å²) in [6.07, 6.45) is -0.274. The minimum absolute atomic E-state index is 0.0402. The number of rotatable bonds is 12. The van der Waals surface area contributed by atoms with Crippen molar-refractivity contribution in [1.82, 2.24) is 0 Å². The number of carboxylic acids is 1. The lowest BCUT2D eigenvalue weighted by Crippen LogP contribution is -2.67. The number of carbonyl (C=O) groups is 2. The Morgan fingerprint density at radius 3 is 2.37 bits per heavy atom. The van der Waals surface area contributed by atoms with E-state index in [2.05, 4.69) is 9.98 Å². The topological polar surface area (TPSA) is 242 Å². The number of aliphatic imine (C=N–C) groups is 2. The van der Waals surface area contributed by atoms with Crippen LogP contribution in [0.15, 0.2) is 76.7 Å². The summed E-state index contributed by atoms with van der Waals surface area (Å²) in [5.41, 5.74) is 3.70. The van der Waals surface area contributed by atoms with E-state index in [-0.39, 0.29) is 11.4 Å². The molecular formula is C42H47N3O12. The monoisotopic (exact) mass is 785 g/mol. The van der Waals surface area contributed by atoms with E-state index in [1.807, 2.05) is 37.3 Å². The number of aliphatic hydroxyl groups is 5. The fourth-order valence-corrected chi connectivity index (χ4v) is 8.80. The summed E-state index contributed by atoms with van der Waals surface area (Å²) in [7, 11) is 0. The van der Waals surface area contributed by atoms with Gasteiger partial charge in [-0.25, -0.2) is 4.79 Å². The second-order valence-corrected chi connectivity index (χ2v) is 15.1. The highest BCUT2D eigenvalue weighted by molar-refractivity contribution is 6.43. The highest BCUT2D eigenvalue weighted by Gasteiger charge is 2.56. The summed E-state index contributed by atoms with van der Waals surface area (Å²) < 4.78 is 10.8. The molecule has 7 atom stereocenters. The fraction of sp³-hybridized carbons (Fsp3) is 0.429. The minimum Gasteiger partial charge on any atom is -0.508 e. The summed E-state index contributed by atoms with van der Waals surface area (Å²) in [6.45, 7) is 1.42. The number of aromatic hydroxyl groups is 2. The summed E-state index contributed by atoms with van der Waals surface area (Å²) in [5, 5.41) is 85.1. The zero-order chi connectivity index (χ0) is 40.6. The summed E-state index contributed by atoms with van der Waals surface area (Å²) in [6, 6.07) is 15.6. The third-order valence-corrected chi connectivity index (χ3v) is 11.7. The molecule has 3 heterocycles. The van der Waals surface area contributed by atoms with Gasteiger partial charge in [-0.05, 0) is 72.1 Å². The van der Waals surface area contributed by atoms with Gasteiger partial charge in [0.05, 0.1) is 23.7 Å². The van der Waals surface area contributed by atoms with Crippen molar-refractivity contribution in [2.75, 3.05) is 18.2 Å². The first-order chi connectivity index (χ1) is 27.3. The van der Waals surface area contributed by atoms with Gasteiger partial charge in [0.25, 0.3) is 5.91 Å². The van der Waals surface area contributed by atoms with Crippen LogP contribution in [0.3, 0.4) is 0 Å². The molecule has 7 rings (SSSR count). The fourth-order valence-electron chi connectivity index (χ4n) is 8.80. The Morgan fingerprint density at radius 2 is 1.68 bits per heavy atom. The molecule has 0 unspecified atom stereocenters. The van der Waals surface area contributed by atoms with E-state index in [0.29, 0.717) is 42.6 Å². The molecule has 1 amide bonds. The van der Waals surface area contributed by atoms with Crippen molar-refractivity contribution >= 4 is 35.1 Å². The molecule has 3 aromatic carbocycles. The molecule has 0 radical (unpaired) electrons. The average molecular weight is 786 g/mol. The number of aliphatic hydroxyl groups excluding tert-OH is 4. The van der Waals surface area contributed by atoms with Gasteiger partial charge in [0.1, 0.15) is 36.8 Å². The van der Waals surface area contributed by atoms with E-state index in [4.69, 9.17) is 9.47 Å². The molecule has 0 bridgehead atoms. The number of benzene rings is 3. The molecule has 0 aromatic heterocycles. The predicted octanol–water partition coefficient (Wildman–Crippen LogP) is 2.90. The molecule has 8 N–H and O–H groups in total. The Labute approximate surface area is 328 Å². The number of carboxylic acid groups (broad SMARTS) is 1. The average Bonchev–Trinajstić information content (AvgIpc) is 3.95. The van der Waals surface area contributed by atoms with Gasteiger partial charge in [-0.3, -0.25) is 19.7 Å². The van der Waals surface area contributed by atoms with Crippen LogP contribution in [0.1, 0.15) is 73.6 Å². The van der Waals surface area contributed by atoms with Crippen LogP contribution in [0.25, 0.3) is 6.08 Å². The van der Waals surface area contributed by atoms with E-state index in [0.717, 1.165) is 53.6 Å². The first kappa shape index (κ1) is 40.1. The smallest absolute Gasteiger partial charge is 0.355 e. The number of fused-ring (bicyclic) bond motifs is 1. The number of aliphatic carboxylic acids is 1. The van der Waals surface area contributed by atoms with Crippen LogP contribution in [0, 0.1) is 0 Å². The van der Waals surface area contributed by atoms with Gasteiger partial charge in [-0.1, -0.05) is 56.2 Å². The number of carbonyl (C=O) groups excluding carboxylic acids is 1. The lowest BCUT2D eigenvalue weighted by atomic mass is 9.70. The maximum Gasteiger partial charge on any atom is 0.355 e. The maximum absolute atomic E-state index is 14.4. The molecule has 2 fully saturated rings. The lowest BCUT2D eigenvalue weighted by Gasteiger charge is -2.44. The molecule has 15 heteroatoms. The number of ether oxygens (including phenoxy) is 2. The zero-order valence-corrected chi connectivity index (χ0v) is 31.3. The molecule has 57 heavy (non-hydrogen) atoms. The largest absolute Gasteiger partial charge is 0.508 e. The van der Waals surface area contributed by atoms with Gasteiger partial charge < -0.3 is 50.3 Å². The molecule has 1 aliphatic carbocycles. The van der Waals surface area contributed by atoms with Gasteiger partial charge in [0, 0.05) is 30.0 Å². The van der Waals surface area contributed by atoms with Crippen molar-refractivity contribution in [3.63, 3.8) is 0 Å². The van der Waals surface area contributed by atoms with Crippen LogP contribution in [-0.2, 0) is 26.2 Å². The molecular weight excluding hydrogens is 738 g/mol. The van der Waals surface area contributed by atoms with Crippen LogP contribution in [0.4, 0.5) is 5.69 Å². The van der Waals surface area contributed by atoms with Crippen molar-refractivity contribution < 1.29 is 59.9 Å². The number of nitrogens with zero attached hydrogens (tertiary/aromatic N) is 3. The van der Waals surface area contributed by atoms with E-state index >= 15 is 0 Å². The molecule has 302 valence electrons. The van der Waals surface area contributed by atoms with Crippen molar-refractivity contribution in [1.29, 1.82) is 0 Å². The molecule has 1 saturated carbocycles. The molecule has 4 aliphatic rings. The van der Waals surface area contributed by atoms with Crippen molar-refractivity contribution in [3.05, 3.63) is 89.0 Å². The molecule has 1 saturated heterocycles. The van der Waals surface area contributed by atoms with Gasteiger partial charge in [-0.2, -0.15) is 0 Å². The minimum atomic E-state index is -3.09. The Balaban J connectivity index is 1.28. The second kappa shape index (κ2) is 16.0. The molecule has 3 aromatic rings. The number of phenols is 2. The lowest BCUT2D eigenvalue weighted by molar-refractivity contribution is -0.422. The zero-order valence-electron chi connectivity index (χ0n) is 31.3. The van der Waals surface area contributed by atoms with Crippen molar-refractivity contribution in [3.8, 4) is 17.2 Å². The van der Waals surface area contributed by atoms with Crippen LogP contribution < -0.4 is 9.64 Å². The van der Waals surface area contributed by atoms with Crippen LogP contribution >= 0.6 is 0 Å². The predicted molar refractivity (Wildman–Crippen MR) is 207 cm³/mol. The first-order valence-electron chi connectivity index (χ1n) is 19.1. The van der Waals surface area contributed by atoms with Gasteiger partial charge in [0.15, 0.2) is 17.6 Å². The Morgan fingerprint density at radius 1 is 0.965 bits per heavy atom. The van der Waals surface area contributed by atoms with E-state index in [1.165, 1.54) is 24.3 Å². The first-order valence-corrected chi connectivity index (χ1v) is 19.1. The number of anilines is 1. The maximum atomic E-state index is 14.4. The van der Waals surface area contributed by atoms with E-state index < -0.39 is 77.7 Å². The number of hydrogen-bond acceptors (Lipinski definition) is 13. The Kier molecular flexibility index (Phi) is 11.2. The Bertz CT molecular complexity index is 2100. The van der Waals surface area contributed by atoms with Crippen LogP contribution in [0.5, 0.6) is 17.2 Å². The third kappa shape index (κ3) is 7.54. The highest BCUT2D eigenvalue weighted by Crippen LogP contribution is 2.55. The Hall–Kier alpha value is -5.16. The number of amides is 1. The molecule has 0 spiro atoms. The van der Waals surface area contributed by atoms with Gasteiger partial charge in [0.2, 0.25) is 0 Å². The quantitative estimate of drug-likeness (QED) is 0.0977. The number of phenolic OH excluding ortho intramolecular Hbond substituents is 2. The van der Waals surface area contributed by atoms with E-state index in [9.17, 15) is 50.4 Å². The second-order valence-electron chi connectivity index (χ2n) is 15.1. The van der Waals surface area contributed by atoms with E-state index in [1.54, 1.807) is 12.1 Å². The standard InChI is InChI=1S/C42H47N3O12/c1-2-28-29(44-22-43-28)17-24-16-23(10-12-31(24)47)11-13-35(49)45-30-19-33(56-42(55)39(52)38(51)37(50)34(21-46)57-42)32(48)18-26(30)27(36(45)40(53)54)20-41(14-6-7-15-41)25-8-4-3-5-9-25/h3-5,8-13,16,18-19,27,34,36-39,46-48,50-52,55H,2,6-7,14-15,17,20-22H2,1H3,(H,53,54)/b13-11+/t27-,34+,36+,37+,38-,39+,42-/m0/s1. The SMILES string of the molecule is CCC1=NCN=C1Cc1cc(/C=C/C(=O)N2c3cc(O[C@]4(O)O[C@H](CO)[C@@H](O)[C@H](O)[C@H]4O)c(O)cc3[C@H](CC3(c4ccccc4)CCCC3)[C@@H]2C(=O)O)ccc1O. The van der Waals surface area contributed by atoms with Gasteiger partial charge >= 0.3 is 11.9 Å². The summed E-state index contributed by atoms with van der Waals surface area (Å²) >= 11 is 0. The molecule has 3 aliphatic heterocycles. The third-order valence-electron chi connectivity index (χ3n) is 11.7. The summed E-state index contributed by atoms with van der Waals surface area (Å²) in [4.78, 5) is 37.7. The van der Waals surface area contributed by atoms with Gasteiger partial charge in [-0.15, -0.1) is 0 Å². The normalized spacial score (nSPS) is 28.0.